The third-order valence-corrected chi connectivity index (χ3v) is 11.7. The zero-order valence-electron chi connectivity index (χ0n) is 29.8. The number of imidazole rings is 1. The van der Waals surface area contributed by atoms with Gasteiger partial charge in [-0.05, 0) is 111 Å². The number of nitrogens with zero attached hydrogens (tertiary/aromatic N) is 8. The van der Waals surface area contributed by atoms with Gasteiger partial charge in [0.05, 0.1) is 17.9 Å². The lowest BCUT2D eigenvalue weighted by Gasteiger charge is -2.37. The predicted octanol–water partition coefficient (Wildman–Crippen LogP) is 6.08. The van der Waals surface area contributed by atoms with Crippen molar-refractivity contribution < 1.29 is 9.18 Å². The largest absolute Gasteiger partial charge is 0.356 e. The second kappa shape index (κ2) is 13.9. The van der Waals surface area contributed by atoms with Crippen LogP contribution in [0.3, 0.4) is 0 Å². The number of benzene rings is 2. The minimum atomic E-state index is -0.208. The Labute approximate surface area is 304 Å². The smallest absolute Gasteiger partial charge is 0.254 e. The van der Waals surface area contributed by atoms with E-state index in [2.05, 4.69) is 67.3 Å². The van der Waals surface area contributed by atoms with E-state index in [0.717, 1.165) is 124 Å². The predicted molar refractivity (Wildman–Crippen MR) is 201 cm³/mol. The second-order valence-electron chi connectivity index (χ2n) is 15.0. The number of rotatable bonds is 8. The van der Waals surface area contributed by atoms with E-state index < -0.39 is 0 Å². The van der Waals surface area contributed by atoms with Crippen LogP contribution in [0.2, 0.25) is 0 Å². The van der Waals surface area contributed by atoms with Crippen LogP contribution >= 0.6 is 0 Å². The molecule has 1 unspecified atom stereocenters. The maximum Gasteiger partial charge on any atom is 0.254 e. The van der Waals surface area contributed by atoms with Gasteiger partial charge in [0, 0.05) is 56.9 Å². The summed E-state index contributed by atoms with van der Waals surface area (Å²) in [5.74, 6) is 1.80. The molecule has 7 heterocycles. The first-order valence-corrected chi connectivity index (χ1v) is 18.9. The number of carbonyl (C=O) groups excluding carboxylic acids is 1. The van der Waals surface area contributed by atoms with Crippen molar-refractivity contribution in [3.63, 3.8) is 0 Å². The molecule has 3 aromatic heterocycles. The molecule has 4 aliphatic rings. The lowest BCUT2D eigenvalue weighted by Crippen LogP contribution is -2.46. The van der Waals surface area contributed by atoms with E-state index in [1.54, 1.807) is 12.1 Å². The van der Waals surface area contributed by atoms with E-state index in [4.69, 9.17) is 10.1 Å². The van der Waals surface area contributed by atoms with Gasteiger partial charge in [-0.1, -0.05) is 30.3 Å². The Hall–Kier alpha value is -4.87. The fraction of sp³-hybridized carbons (Fsp3) is 0.415. The molecule has 0 radical (unpaired) electrons. The summed E-state index contributed by atoms with van der Waals surface area (Å²) >= 11 is 0. The second-order valence-corrected chi connectivity index (χ2v) is 15.0. The molecule has 2 aromatic carbocycles. The zero-order chi connectivity index (χ0) is 35.2. The highest BCUT2D eigenvalue weighted by Gasteiger charge is 2.34. The summed E-state index contributed by atoms with van der Waals surface area (Å²) in [6.07, 6.45) is 8.16. The molecule has 0 aliphatic carbocycles. The van der Waals surface area contributed by atoms with E-state index >= 15 is 0 Å². The summed E-state index contributed by atoms with van der Waals surface area (Å²) in [6.45, 7) is 6.27. The molecule has 5 aromatic rings. The molecule has 9 rings (SSSR count). The van der Waals surface area contributed by atoms with Gasteiger partial charge in [-0.2, -0.15) is 0 Å². The van der Waals surface area contributed by atoms with Gasteiger partial charge in [-0.3, -0.25) is 9.69 Å². The number of pyridine rings is 1. The Balaban J connectivity index is 0.854. The lowest BCUT2D eigenvalue weighted by atomic mass is 10.0. The summed E-state index contributed by atoms with van der Waals surface area (Å²) in [5.41, 5.74) is 6.76. The number of fused-ring (bicyclic) bond motifs is 2. The third-order valence-electron chi connectivity index (χ3n) is 11.7. The summed E-state index contributed by atoms with van der Waals surface area (Å²) in [4.78, 5) is 32.2. The van der Waals surface area contributed by atoms with Gasteiger partial charge in [0.2, 0.25) is 0 Å². The van der Waals surface area contributed by atoms with Crippen LogP contribution in [-0.2, 0) is 13.1 Å². The number of anilines is 2. The van der Waals surface area contributed by atoms with Gasteiger partial charge in [-0.15, -0.1) is 5.10 Å². The molecule has 1 N–H and O–H groups in total. The van der Waals surface area contributed by atoms with Crippen LogP contribution in [0.1, 0.15) is 71.6 Å². The average molecular weight is 700 g/mol. The van der Waals surface area contributed by atoms with Crippen LogP contribution in [-0.4, -0.2) is 87.1 Å². The van der Waals surface area contributed by atoms with Crippen LogP contribution in [0, 0.1) is 5.82 Å². The quantitative estimate of drug-likeness (QED) is 0.209. The van der Waals surface area contributed by atoms with Crippen LogP contribution < -0.4 is 15.1 Å². The van der Waals surface area contributed by atoms with Crippen LogP contribution in [0.5, 0.6) is 0 Å². The first-order valence-electron chi connectivity index (χ1n) is 18.9. The Morgan fingerprint density at radius 3 is 2.63 bits per heavy atom. The maximum absolute atomic E-state index is 14.1. The molecule has 10 nitrogen and oxygen atoms in total. The van der Waals surface area contributed by atoms with Crippen LogP contribution in [0.4, 0.5) is 16.0 Å². The highest BCUT2D eigenvalue weighted by molar-refractivity contribution is 5.98. The third kappa shape index (κ3) is 6.30. The summed E-state index contributed by atoms with van der Waals surface area (Å²) in [5, 5.41) is 8.51. The van der Waals surface area contributed by atoms with Crippen LogP contribution in [0.25, 0.3) is 17.0 Å². The normalized spacial score (nSPS) is 21.1. The highest BCUT2D eigenvalue weighted by Crippen LogP contribution is 2.36. The summed E-state index contributed by atoms with van der Waals surface area (Å²) in [6, 6.07) is 24.5. The Morgan fingerprint density at radius 2 is 1.79 bits per heavy atom. The Kier molecular flexibility index (Phi) is 8.84. The van der Waals surface area contributed by atoms with E-state index in [1.165, 1.54) is 17.2 Å². The molecule has 1 amide bonds. The molecule has 4 aliphatic heterocycles. The SMILES string of the molecule is CN(Cc1ccc2c(c1)CN(C1CCCNC1)C2=O)C1CCN(c2cccc(-c3cnc4ccc(N5CCC[C@@H]5c5cccc(F)c5)nn34)n2)CC1. The number of halogens is 1. The molecular formula is C41H46FN9O. The Bertz CT molecular complexity index is 2090. The van der Waals surface area contributed by atoms with E-state index in [9.17, 15) is 9.18 Å². The monoisotopic (exact) mass is 699 g/mol. The molecule has 268 valence electrons. The van der Waals surface area contributed by atoms with Crippen molar-refractivity contribution in [3.8, 4) is 11.4 Å². The van der Waals surface area contributed by atoms with Gasteiger partial charge >= 0.3 is 0 Å². The van der Waals surface area contributed by atoms with Crippen molar-refractivity contribution in [3.05, 3.63) is 107 Å². The van der Waals surface area contributed by atoms with Crippen molar-refractivity contribution in [2.24, 2.45) is 0 Å². The number of aromatic nitrogens is 4. The fourth-order valence-electron chi connectivity index (χ4n) is 8.88. The molecule has 3 fully saturated rings. The topological polar surface area (TPSA) is 85.1 Å². The van der Waals surface area contributed by atoms with E-state index in [-0.39, 0.29) is 17.8 Å². The summed E-state index contributed by atoms with van der Waals surface area (Å²) < 4.78 is 16.0. The van der Waals surface area contributed by atoms with E-state index in [1.807, 2.05) is 35.0 Å². The van der Waals surface area contributed by atoms with Crippen molar-refractivity contribution in [2.45, 2.75) is 69.7 Å². The van der Waals surface area contributed by atoms with Crippen LogP contribution in [0.15, 0.2) is 79.0 Å². The molecule has 0 spiro atoms. The van der Waals surface area contributed by atoms with E-state index in [0.29, 0.717) is 12.1 Å². The standard InChI is InChI=1S/C41H46FN9O/c1-47(26-28-12-13-34-30(22-28)27-50(41(34)52)33-8-4-18-43-24-33)32-16-20-48(21-17-32)39-11-3-9-35(45-39)37-25-44-38-14-15-40(46-51(37)38)49-19-5-10-36(49)29-6-2-7-31(42)23-29/h2-3,6-7,9,11-15,22-23,25,32-33,36,43H,4-5,8,10,16-21,24,26-27H2,1H3/t33?,36-/m1/s1. The van der Waals surface area contributed by atoms with Gasteiger partial charge in [0.15, 0.2) is 5.65 Å². The fourth-order valence-corrected chi connectivity index (χ4v) is 8.88. The first-order chi connectivity index (χ1) is 25.5. The minimum absolute atomic E-state index is 0.0880. The van der Waals surface area contributed by atoms with Crippen molar-refractivity contribution in [1.29, 1.82) is 0 Å². The molecule has 2 atom stereocenters. The van der Waals surface area contributed by atoms with Crippen molar-refractivity contribution >= 4 is 23.2 Å². The number of piperidine rings is 2. The number of hydrogen-bond donors (Lipinski definition) is 1. The number of carbonyl (C=O) groups is 1. The molecule has 11 heteroatoms. The van der Waals surface area contributed by atoms with Gasteiger partial charge in [0.25, 0.3) is 5.91 Å². The molecule has 0 bridgehead atoms. The molecule has 0 saturated carbocycles. The maximum atomic E-state index is 14.1. The highest BCUT2D eigenvalue weighted by atomic mass is 19.1. The number of nitrogens with one attached hydrogen (secondary N) is 1. The Morgan fingerprint density at radius 1 is 0.904 bits per heavy atom. The molecular weight excluding hydrogens is 654 g/mol. The van der Waals surface area contributed by atoms with Gasteiger partial charge in [0.1, 0.15) is 23.1 Å². The van der Waals surface area contributed by atoms with Crippen molar-refractivity contribution in [1.82, 2.24) is 34.7 Å². The molecule has 3 saturated heterocycles. The number of amides is 1. The minimum Gasteiger partial charge on any atom is -0.356 e. The molecule has 52 heavy (non-hydrogen) atoms. The number of hydrogen-bond acceptors (Lipinski definition) is 8. The summed E-state index contributed by atoms with van der Waals surface area (Å²) in [7, 11) is 2.23. The van der Waals surface area contributed by atoms with Gasteiger partial charge in [-0.25, -0.2) is 18.9 Å². The lowest BCUT2D eigenvalue weighted by molar-refractivity contribution is 0.0674. The zero-order valence-corrected chi connectivity index (χ0v) is 29.8. The average Bonchev–Trinajstić information content (AvgIpc) is 3.93. The van der Waals surface area contributed by atoms with Gasteiger partial charge < -0.3 is 20.0 Å². The first kappa shape index (κ1) is 33.0. The van der Waals surface area contributed by atoms with Crippen molar-refractivity contribution in [2.75, 3.05) is 49.6 Å².